The second kappa shape index (κ2) is 6.26. The summed E-state index contributed by atoms with van der Waals surface area (Å²) in [6.45, 7) is 11.5. The lowest BCUT2D eigenvalue weighted by atomic mass is 10.1. The van der Waals surface area contributed by atoms with Crippen molar-refractivity contribution in [2.75, 3.05) is 6.54 Å². The monoisotopic (exact) mass is 285 g/mol. The van der Waals surface area contributed by atoms with Crippen LogP contribution >= 0.6 is 0 Å². The summed E-state index contributed by atoms with van der Waals surface area (Å²) in [5.74, 6) is 0.644. The molecule has 0 aromatic carbocycles. The van der Waals surface area contributed by atoms with Crippen LogP contribution < -0.4 is 5.32 Å². The van der Waals surface area contributed by atoms with Gasteiger partial charge in [-0.25, -0.2) is 15.0 Å². The fourth-order valence-corrected chi connectivity index (χ4v) is 2.19. The number of aromatic nitrogens is 4. The van der Waals surface area contributed by atoms with Gasteiger partial charge >= 0.3 is 0 Å². The van der Waals surface area contributed by atoms with Crippen LogP contribution in [-0.2, 0) is 6.42 Å². The van der Waals surface area contributed by atoms with Gasteiger partial charge in [-0.3, -0.25) is 4.98 Å². The van der Waals surface area contributed by atoms with Gasteiger partial charge in [0.1, 0.15) is 5.69 Å². The summed E-state index contributed by atoms with van der Waals surface area (Å²) in [7, 11) is 0. The number of hydrogen-bond acceptors (Lipinski definition) is 5. The van der Waals surface area contributed by atoms with E-state index in [4.69, 9.17) is 0 Å². The third kappa shape index (κ3) is 4.29. The zero-order valence-corrected chi connectivity index (χ0v) is 13.4. The Morgan fingerprint density at radius 3 is 2.24 bits per heavy atom. The molecular weight excluding hydrogens is 262 g/mol. The highest BCUT2D eigenvalue weighted by molar-refractivity contribution is 5.48. The van der Waals surface area contributed by atoms with Crippen LogP contribution in [0.25, 0.3) is 11.5 Å². The fourth-order valence-electron chi connectivity index (χ4n) is 2.19. The van der Waals surface area contributed by atoms with Crippen LogP contribution in [0.15, 0.2) is 18.6 Å². The van der Waals surface area contributed by atoms with E-state index in [1.54, 1.807) is 18.6 Å². The van der Waals surface area contributed by atoms with Crippen LogP contribution in [0, 0.1) is 13.8 Å². The second-order valence-corrected chi connectivity index (χ2v) is 6.21. The van der Waals surface area contributed by atoms with Crippen LogP contribution in [0.3, 0.4) is 0 Å². The molecule has 5 nitrogen and oxygen atoms in total. The third-order valence-corrected chi connectivity index (χ3v) is 3.24. The molecule has 5 heteroatoms. The topological polar surface area (TPSA) is 63.6 Å². The minimum absolute atomic E-state index is 0.127. The van der Waals surface area contributed by atoms with E-state index in [1.165, 1.54) is 5.56 Å². The van der Waals surface area contributed by atoms with Gasteiger partial charge in [-0.05, 0) is 53.1 Å². The Labute approximate surface area is 126 Å². The minimum atomic E-state index is 0.127. The Kier molecular flexibility index (Phi) is 4.63. The fraction of sp³-hybridized carbons (Fsp3) is 0.500. The molecule has 0 unspecified atom stereocenters. The van der Waals surface area contributed by atoms with Gasteiger partial charge in [-0.1, -0.05) is 0 Å². The second-order valence-electron chi connectivity index (χ2n) is 6.21. The number of rotatable bonds is 4. The molecule has 0 aliphatic carbocycles. The van der Waals surface area contributed by atoms with E-state index >= 15 is 0 Å². The van der Waals surface area contributed by atoms with E-state index in [-0.39, 0.29) is 5.54 Å². The molecule has 0 bridgehead atoms. The lowest BCUT2D eigenvalue weighted by molar-refractivity contribution is 0.429. The Bertz CT molecular complexity index is 579. The molecule has 0 amide bonds. The Morgan fingerprint density at radius 2 is 1.71 bits per heavy atom. The van der Waals surface area contributed by atoms with Crippen molar-refractivity contribution in [3.05, 3.63) is 35.5 Å². The predicted molar refractivity (Wildman–Crippen MR) is 84.0 cm³/mol. The smallest absolute Gasteiger partial charge is 0.180 e. The summed E-state index contributed by atoms with van der Waals surface area (Å²) in [6, 6.07) is 0. The van der Waals surface area contributed by atoms with Crippen molar-refractivity contribution in [1.82, 2.24) is 25.3 Å². The molecule has 112 valence electrons. The van der Waals surface area contributed by atoms with Crippen LogP contribution in [0.1, 0.15) is 37.7 Å². The summed E-state index contributed by atoms with van der Waals surface area (Å²) in [5, 5.41) is 3.49. The lowest BCUT2D eigenvalue weighted by Crippen LogP contribution is -2.37. The van der Waals surface area contributed by atoms with Crippen LogP contribution in [0.4, 0.5) is 0 Å². The largest absolute Gasteiger partial charge is 0.312 e. The SMILES string of the molecule is Cc1nc(-c2cnccn2)nc(C)c1CCNC(C)(C)C. The molecule has 0 fully saturated rings. The summed E-state index contributed by atoms with van der Waals surface area (Å²) in [5.41, 5.74) is 4.07. The first-order valence-electron chi connectivity index (χ1n) is 7.22. The zero-order valence-electron chi connectivity index (χ0n) is 13.4. The molecular formula is C16H23N5. The summed E-state index contributed by atoms with van der Waals surface area (Å²) < 4.78 is 0. The van der Waals surface area contributed by atoms with Gasteiger partial charge in [0.2, 0.25) is 0 Å². The molecule has 0 saturated heterocycles. The van der Waals surface area contributed by atoms with Crippen molar-refractivity contribution < 1.29 is 0 Å². The van der Waals surface area contributed by atoms with Crippen molar-refractivity contribution >= 4 is 0 Å². The Balaban J connectivity index is 2.18. The third-order valence-electron chi connectivity index (χ3n) is 3.24. The van der Waals surface area contributed by atoms with E-state index < -0.39 is 0 Å². The number of nitrogens with zero attached hydrogens (tertiary/aromatic N) is 4. The molecule has 0 atom stereocenters. The van der Waals surface area contributed by atoms with E-state index in [2.05, 4.69) is 46.0 Å². The summed E-state index contributed by atoms with van der Waals surface area (Å²) >= 11 is 0. The van der Waals surface area contributed by atoms with E-state index in [0.29, 0.717) is 11.5 Å². The van der Waals surface area contributed by atoms with E-state index in [1.807, 2.05) is 13.8 Å². The van der Waals surface area contributed by atoms with Crippen molar-refractivity contribution in [2.24, 2.45) is 0 Å². The molecule has 0 radical (unpaired) electrons. The first-order chi connectivity index (χ1) is 9.87. The molecule has 2 aromatic rings. The normalized spacial score (nSPS) is 11.7. The van der Waals surface area contributed by atoms with Crippen molar-refractivity contribution in [2.45, 2.75) is 46.6 Å². The highest BCUT2D eigenvalue weighted by Gasteiger charge is 2.13. The molecule has 1 N–H and O–H groups in total. The number of aryl methyl sites for hydroxylation is 2. The number of nitrogens with one attached hydrogen (secondary N) is 1. The van der Waals surface area contributed by atoms with Gasteiger partial charge in [0.05, 0.1) is 6.20 Å². The van der Waals surface area contributed by atoms with Crippen LogP contribution in [0.5, 0.6) is 0 Å². The average Bonchev–Trinajstić information content (AvgIpc) is 2.41. The summed E-state index contributed by atoms with van der Waals surface area (Å²) in [6.07, 6.45) is 5.92. The standard InChI is InChI=1S/C16H23N5/c1-11-13(6-7-19-16(3,4)5)12(2)21-15(20-11)14-10-17-8-9-18-14/h8-10,19H,6-7H2,1-5H3. The summed E-state index contributed by atoms with van der Waals surface area (Å²) in [4.78, 5) is 17.5. The first-order valence-corrected chi connectivity index (χ1v) is 7.22. The number of hydrogen-bond donors (Lipinski definition) is 1. The maximum Gasteiger partial charge on any atom is 0.180 e. The highest BCUT2D eigenvalue weighted by Crippen LogP contribution is 2.16. The zero-order chi connectivity index (χ0) is 15.5. The quantitative estimate of drug-likeness (QED) is 0.935. The Hall–Kier alpha value is -1.88. The molecule has 2 aromatic heterocycles. The molecule has 2 heterocycles. The van der Waals surface area contributed by atoms with Crippen molar-refractivity contribution in [3.63, 3.8) is 0 Å². The van der Waals surface area contributed by atoms with Gasteiger partial charge in [0.15, 0.2) is 5.82 Å². The highest BCUT2D eigenvalue weighted by atomic mass is 15.0. The van der Waals surface area contributed by atoms with Gasteiger partial charge in [-0.2, -0.15) is 0 Å². The Morgan fingerprint density at radius 1 is 1.05 bits per heavy atom. The van der Waals surface area contributed by atoms with E-state index in [0.717, 1.165) is 24.4 Å². The van der Waals surface area contributed by atoms with Crippen LogP contribution in [-0.4, -0.2) is 32.0 Å². The molecule has 2 rings (SSSR count). The van der Waals surface area contributed by atoms with Crippen molar-refractivity contribution in [1.29, 1.82) is 0 Å². The minimum Gasteiger partial charge on any atom is -0.312 e. The van der Waals surface area contributed by atoms with Crippen molar-refractivity contribution in [3.8, 4) is 11.5 Å². The van der Waals surface area contributed by atoms with Gasteiger partial charge in [0, 0.05) is 29.3 Å². The average molecular weight is 285 g/mol. The lowest BCUT2D eigenvalue weighted by Gasteiger charge is -2.21. The van der Waals surface area contributed by atoms with Gasteiger partial charge in [-0.15, -0.1) is 0 Å². The maximum absolute atomic E-state index is 4.58. The van der Waals surface area contributed by atoms with E-state index in [9.17, 15) is 0 Å². The van der Waals surface area contributed by atoms with Crippen LogP contribution in [0.2, 0.25) is 0 Å². The predicted octanol–water partition coefficient (Wildman–Crippen LogP) is 2.48. The molecule has 0 saturated carbocycles. The first kappa shape index (κ1) is 15.5. The van der Waals surface area contributed by atoms with Gasteiger partial charge < -0.3 is 5.32 Å². The molecule has 0 aliphatic heterocycles. The molecule has 0 spiro atoms. The maximum atomic E-state index is 4.58. The molecule has 21 heavy (non-hydrogen) atoms. The van der Waals surface area contributed by atoms with Gasteiger partial charge in [0.25, 0.3) is 0 Å². The molecule has 0 aliphatic rings.